The molecule has 0 bridgehead atoms. The number of aromatic nitrogens is 2. The number of hydrogen-bond donors (Lipinski definition) is 0. The van der Waals surface area contributed by atoms with Crippen LogP contribution < -0.4 is 9.47 Å². The molecule has 0 aliphatic carbocycles. The van der Waals surface area contributed by atoms with Crippen LogP contribution in [-0.2, 0) is 13.0 Å². The maximum absolute atomic E-state index is 6.12. The van der Waals surface area contributed by atoms with Crippen LogP contribution in [0.1, 0.15) is 19.4 Å². The third kappa shape index (κ3) is 7.50. The molecule has 0 fully saturated rings. The summed E-state index contributed by atoms with van der Waals surface area (Å²) in [5, 5.41) is 0.752. The highest BCUT2D eigenvalue weighted by molar-refractivity contribution is 6.30. The molecule has 4 aromatic rings. The maximum Gasteiger partial charge on any atom is 0.141 e. The van der Waals surface area contributed by atoms with Crippen molar-refractivity contribution < 1.29 is 9.47 Å². The summed E-state index contributed by atoms with van der Waals surface area (Å²) in [6.45, 7) is 10.4. The third-order valence-electron chi connectivity index (χ3n) is 6.72. The number of imidazole rings is 1. The molecular weight excluding hydrogens is 496 g/mol. The molecular formula is C31H39ClN4O2. The van der Waals surface area contributed by atoms with Crippen molar-refractivity contribution in [1.82, 2.24) is 19.4 Å². The number of likely N-dealkylation sites (N-methyl/N-ethyl adjacent to an activating group) is 2. The van der Waals surface area contributed by atoms with Gasteiger partial charge in [-0.15, -0.1) is 0 Å². The van der Waals surface area contributed by atoms with Gasteiger partial charge in [0.25, 0.3) is 0 Å². The fourth-order valence-corrected chi connectivity index (χ4v) is 4.66. The van der Waals surface area contributed by atoms with Crippen molar-refractivity contribution in [3.05, 3.63) is 77.3 Å². The number of halogens is 1. The Bertz CT molecular complexity index is 1300. The average molecular weight is 535 g/mol. The zero-order chi connectivity index (χ0) is 26.9. The van der Waals surface area contributed by atoms with Crippen LogP contribution in [0.25, 0.3) is 22.4 Å². The van der Waals surface area contributed by atoms with Gasteiger partial charge in [-0.2, -0.15) is 0 Å². The molecule has 0 saturated carbocycles. The van der Waals surface area contributed by atoms with Gasteiger partial charge in [0.15, 0.2) is 0 Å². The molecule has 0 unspecified atom stereocenters. The van der Waals surface area contributed by atoms with E-state index in [1.54, 1.807) is 0 Å². The second kappa shape index (κ2) is 13.7. The molecule has 202 valence electrons. The molecule has 0 atom stereocenters. The number of fused-ring (bicyclic) bond motifs is 1. The van der Waals surface area contributed by atoms with Gasteiger partial charge in [0.2, 0.25) is 0 Å². The topological polar surface area (TPSA) is 42.8 Å². The van der Waals surface area contributed by atoms with Crippen LogP contribution in [0.4, 0.5) is 0 Å². The molecule has 0 N–H and O–H groups in total. The monoisotopic (exact) mass is 534 g/mol. The van der Waals surface area contributed by atoms with E-state index in [1.165, 1.54) is 5.56 Å². The normalized spacial score (nSPS) is 11.6. The highest BCUT2D eigenvalue weighted by Crippen LogP contribution is 2.29. The Morgan fingerprint density at radius 1 is 0.842 bits per heavy atom. The second-order valence-electron chi connectivity index (χ2n) is 9.67. The van der Waals surface area contributed by atoms with Gasteiger partial charge in [-0.25, -0.2) is 4.98 Å². The lowest BCUT2D eigenvalue weighted by molar-refractivity contribution is 0.223. The number of ether oxygens (including phenoxy) is 2. The third-order valence-corrected chi connectivity index (χ3v) is 6.96. The summed E-state index contributed by atoms with van der Waals surface area (Å²) in [7, 11) is 4.19. The predicted molar refractivity (Wildman–Crippen MR) is 158 cm³/mol. The summed E-state index contributed by atoms with van der Waals surface area (Å²) in [4.78, 5) is 9.56. The average Bonchev–Trinajstić information content (AvgIpc) is 3.28. The zero-order valence-electron chi connectivity index (χ0n) is 23.0. The summed E-state index contributed by atoms with van der Waals surface area (Å²) in [6, 6.07) is 22.3. The van der Waals surface area contributed by atoms with E-state index in [4.69, 9.17) is 26.1 Å². The minimum atomic E-state index is 0.595. The molecule has 38 heavy (non-hydrogen) atoms. The molecule has 0 spiro atoms. The fraction of sp³-hybridized carbons (Fsp3) is 0.387. The van der Waals surface area contributed by atoms with Crippen LogP contribution in [0.5, 0.6) is 11.5 Å². The smallest absolute Gasteiger partial charge is 0.141 e. The number of benzene rings is 3. The van der Waals surface area contributed by atoms with Gasteiger partial charge < -0.3 is 23.8 Å². The molecule has 0 saturated heterocycles. The van der Waals surface area contributed by atoms with Crippen LogP contribution in [0.2, 0.25) is 5.02 Å². The Labute approximate surface area is 231 Å². The first-order valence-corrected chi connectivity index (χ1v) is 13.8. The van der Waals surface area contributed by atoms with E-state index in [0.29, 0.717) is 13.2 Å². The predicted octanol–water partition coefficient (Wildman–Crippen LogP) is 6.26. The standard InChI is InChI=1S/C31H39ClN4O2/c1-5-35(6-2)19-21-38-28-14-15-29-30(23-28)36(18-17-34(3)4)31(33-29)25-10-12-27(13-11-25)37-20-16-24-8-7-9-26(32)22-24/h7-15,22-23H,5-6,16-21H2,1-4H3. The van der Waals surface area contributed by atoms with E-state index >= 15 is 0 Å². The molecule has 7 heteroatoms. The minimum Gasteiger partial charge on any atom is -0.493 e. The molecule has 4 rings (SSSR count). The largest absolute Gasteiger partial charge is 0.493 e. The van der Waals surface area contributed by atoms with Crippen molar-refractivity contribution in [2.24, 2.45) is 0 Å². The van der Waals surface area contributed by atoms with Crippen molar-refractivity contribution >= 4 is 22.6 Å². The van der Waals surface area contributed by atoms with Gasteiger partial charge in [-0.1, -0.05) is 37.6 Å². The quantitative estimate of drug-likeness (QED) is 0.191. The summed E-state index contributed by atoms with van der Waals surface area (Å²) in [5.74, 6) is 2.67. The van der Waals surface area contributed by atoms with Gasteiger partial charge in [0, 0.05) is 42.7 Å². The van der Waals surface area contributed by atoms with Gasteiger partial charge in [0.05, 0.1) is 17.6 Å². The Kier molecular flexibility index (Phi) is 10.0. The van der Waals surface area contributed by atoms with Crippen molar-refractivity contribution in [2.75, 3.05) is 53.5 Å². The van der Waals surface area contributed by atoms with E-state index in [0.717, 1.165) is 78.1 Å². The lowest BCUT2D eigenvalue weighted by atomic mass is 10.1. The fourth-order valence-electron chi connectivity index (χ4n) is 4.45. The molecule has 0 radical (unpaired) electrons. The van der Waals surface area contributed by atoms with Crippen molar-refractivity contribution in [3.63, 3.8) is 0 Å². The van der Waals surface area contributed by atoms with Crippen molar-refractivity contribution in [3.8, 4) is 22.9 Å². The lowest BCUT2D eigenvalue weighted by Gasteiger charge is -2.18. The molecule has 6 nitrogen and oxygen atoms in total. The Balaban J connectivity index is 1.49. The Morgan fingerprint density at radius 2 is 1.58 bits per heavy atom. The van der Waals surface area contributed by atoms with E-state index in [1.807, 2.05) is 36.4 Å². The van der Waals surface area contributed by atoms with Crippen molar-refractivity contribution in [2.45, 2.75) is 26.8 Å². The van der Waals surface area contributed by atoms with Gasteiger partial charge in [-0.3, -0.25) is 0 Å². The molecule has 1 heterocycles. The summed E-state index contributed by atoms with van der Waals surface area (Å²) >= 11 is 6.09. The van der Waals surface area contributed by atoms with Crippen LogP contribution in [0.15, 0.2) is 66.7 Å². The lowest BCUT2D eigenvalue weighted by Crippen LogP contribution is -2.27. The maximum atomic E-state index is 6.12. The Hall–Kier alpha value is -3.06. The molecule has 0 aliphatic rings. The second-order valence-corrected chi connectivity index (χ2v) is 10.1. The van der Waals surface area contributed by atoms with Crippen LogP contribution in [-0.4, -0.2) is 72.8 Å². The summed E-state index contributed by atoms with van der Waals surface area (Å²) in [6.07, 6.45) is 0.808. The molecule has 1 aromatic heterocycles. The van der Waals surface area contributed by atoms with Crippen LogP contribution in [0, 0.1) is 0 Å². The minimum absolute atomic E-state index is 0.595. The highest BCUT2D eigenvalue weighted by atomic mass is 35.5. The van der Waals surface area contributed by atoms with Gasteiger partial charge in [-0.05, 0) is 81.3 Å². The number of rotatable bonds is 14. The van der Waals surface area contributed by atoms with Gasteiger partial charge in [0.1, 0.15) is 23.9 Å². The summed E-state index contributed by atoms with van der Waals surface area (Å²) in [5.41, 5.74) is 4.28. The van der Waals surface area contributed by atoms with Gasteiger partial charge >= 0.3 is 0 Å². The van der Waals surface area contributed by atoms with E-state index < -0.39 is 0 Å². The van der Waals surface area contributed by atoms with Crippen LogP contribution >= 0.6 is 11.6 Å². The number of nitrogens with zero attached hydrogens (tertiary/aromatic N) is 4. The first-order valence-electron chi connectivity index (χ1n) is 13.4. The number of hydrogen-bond acceptors (Lipinski definition) is 5. The van der Waals surface area contributed by atoms with E-state index in [-0.39, 0.29) is 0 Å². The summed E-state index contributed by atoms with van der Waals surface area (Å²) < 4.78 is 14.4. The molecule has 0 amide bonds. The SMILES string of the molecule is CCN(CC)CCOc1ccc2nc(-c3ccc(OCCc4cccc(Cl)c4)cc3)n(CCN(C)C)c2c1. The van der Waals surface area contributed by atoms with Crippen LogP contribution in [0.3, 0.4) is 0 Å². The molecule has 3 aromatic carbocycles. The first-order chi connectivity index (χ1) is 18.5. The van der Waals surface area contributed by atoms with Crippen molar-refractivity contribution in [1.29, 1.82) is 0 Å². The van der Waals surface area contributed by atoms with E-state index in [9.17, 15) is 0 Å². The molecule has 0 aliphatic heterocycles. The van der Waals surface area contributed by atoms with E-state index in [2.05, 4.69) is 72.6 Å². The first kappa shape index (κ1) is 28.0. The zero-order valence-corrected chi connectivity index (χ0v) is 23.7. The Morgan fingerprint density at radius 3 is 2.29 bits per heavy atom. The highest BCUT2D eigenvalue weighted by Gasteiger charge is 2.14.